The maximum Gasteiger partial charge on any atom is 0.286 e. The van der Waals surface area contributed by atoms with Gasteiger partial charge in [-0.1, -0.05) is 48.2 Å². The van der Waals surface area contributed by atoms with E-state index in [1.165, 1.54) is 23.1 Å². The van der Waals surface area contributed by atoms with E-state index in [4.69, 9.17) is 0 Å². The van der Waals surface area contributed by atoms with Gasteiger partial charge in [-0.3, -0.25) is 9.59 Å². The summed E-state index contributed by atoms with van der Waals surface area (Å²) in [5, 5.41) is 13.7. The van der Waals surface area contributed by atoms with Gasteiger partial charge in [-0.25, -0.2) is 0 Å². The molecule has 0 radical (unpaired) electrons. The second-order valence-electron chi connectivity index (χ2n) is 4.86. The maximum absolute atomic E-state index is 12.1. The van der Waals surface area contributed by atoms with Gasteiger partial charge in [0.05, 0.1) is 5.75 Å². The third kappa shape index (κ3) is 5.65. The highest BCUT2D eigenvalue weighted by atomic mass is 32.2. The number of thioether (sulfide) groups is 1. The zero-order valence-electron chi connectivity index (χ0n) is 12.9. The van der Waals surface area contributed by atoms with Crippen LogP contribution >= 0.6 is 23.1 Å². The highest BCUT2D eigenvalue weighted by Crippen LogP contribution is 2.22. The molecule has 0 saturated heterocycles. The Labute approximate surface area is 143 Å². The van der Waals surface area contributed by atoms with E-state index in [9.17, 15) is 9.59 Å². The van der Waals surface area contributed by atoms with Gasteiger partial charge in [-0.05, 0) is 25.5 Å². The van der Waals surface area contributed by atoms with E-state index in [1.54, 1.807) is 12.1 Å². The summed E-state index contributed by atoms with van der Waals surface area (Å²) in [5.74, 6) is -0.0846. The molecule has 0 bridgehead atoms. The van der Waals surface area contributed by atoms with Crippen molar-refractivity contribution in [1.82, 2.24) is 15.5 Å². The van der Waals surface area contributed by atoms with Gasteiger partial charge in [-0.2, -0.15) is 0 Å². The third-order valence-electron chi connectivity index (χ3n) is 2.98. The van der Waals surface area contributed by atoms with Crippen LogP contribution in [0.25, 0.3) is 0 Å². The van der Waals surface area contributed by atoms with Crippen molar-refractivity contribution in [2.45, 2.75) is 30.6 Å². The number of benzene rings is 1. The van der Waals surface area contributed by atoms with Crippen molar-refractivity contribution < 1.29 is 9.59 Å². The second-order valence-corrected chi connectivity index (χ2v) is 7.06. The first-order valence-electron chi connectivity index (χ1n) is 7.20. The summed E-state index contributed by atoms with van der Waals surface area (Å²) in [6.45, 7) is 3.97. The topological polar surface area (TPSA) is 84.0 Å². The van der Waals surface area contributed by atoms with Crippen molar-refractivity contribution in [2.24, 2.45) is 0 Å². The van der Waals surface area contributed by atoms with Crippen LogP contribution in [0.2, 0.25) is 0 Å². The number of anilines is 1. The Hall–Kier alpha value is -1.93. The highest BCUT2D eigenvalue weighted by Gasteiger charge is 2.14. The molecule has 122 valence electrons. The summed E-state index contributed by atoms with van der Waals surface area (Å²) in [4.78, 5) is 23.8. The number of aromatic nitrogens is 2. The fourth-order valence-electron chi connectivity index (χ4n) is 1.61. The lowest BCUT2D eigenvalue weighted by atomic mass is 10.3. The van der Waals surface area contributed by atoms with Gasteiger partial charge in [0.15, 0.2) is 4.34 Å². The Bertz CT molecular complexity index is 661. The minimum atomic E-state index is -0.301. The molecule has 2 aromatic rings. The maximum atomic E-state index is 12.1. The van der Waals surface area contributed by atoms with Crippen LogP contribution in [0.5, 0.6) is 0 Å². The molecular weight excluding hydrogens is 332 g/mol. The third-order valence-corrected chi connectivity index (χ3v) is 5.03. The van der Waals surface area contributed by atoms with Crippen LogP contribution < -0.4 is 10.6 Å². The highest BCUT2D eigenvalue weighted by molar-refractivity contribution is 8.01. The standard InChI is InChI=1S/C15H18N4O2S2/c1-3-10(2)16-12(20)9-22-15-19-18-14(23-15)13(21)17-11-7-5-4-6-8-11/h4-8,10H,3,9H2,1-2H3,(H,16,20)(H,17,21)/t10-/m0/s1. The zero-order chi connectivity index (χ0) is 16.7. The number of carbonyl (C=O) groups excluding carboxylic acids is 2. The van der Waals surface area contributed by atoms with E-state index >= 15 is 0 Å². The molecule has 2 rings (SSSR count). The average molecular weight is 350 g/mol. The lowest BCUT2D eigenvalue weighted by Gasteiger charge is -2.09. The Kier molecular flexibility index (Phi) is 6.54. The largest absolute Gasteiger partial charge is 0.353 e. The molecule has 1 aromatic carbocycles. The van der Waals surface area contributed by atoms with E-state index in [-0.39, 0.29) is 28.6 Å². The van der Waals surface area contributed by atoms with E-state index < -0.39 is 0 Å². The van der Waals surface area contributed by atoms with Crippen LogP contribution in [0.4, 0.5) is 5.69 Å². The number of carbonyl (C=O) groups is 2. The van der Waals surface area contributed by atoms with Gasteiger partial charge in [-0.15, -0.1) is 10.2 Å². The Balaban J connectivity index is 1.85. The van der Waals surface area contributed by atoms with Crippen molar-refractivity contribution >= 4 is 40.6 Å². The van der Waals surface area contributed by atoms with Gasteiger partial charge in [0.2, 0.25) is 10.9 Å². The first-order valence-corrected chi connectivity index (χ1v) is 9.00. The monoisotopic (exact) mass is 350 g/mol. The fraction of sp³-hybridized carbons (Fsp3) is 0.333. The van der Waals surface area contributed by atoms with Gasteiger partial charge < -0.3 is 10.6 Å². The molecule has 0 aliphatic rings. The normalized spacial score (nSPS) is 11.7. The van der Waals surface area contributed by atoms with E-state index in [2.05, 4.69) is 20.8 Å². The number of hydrogen-bond donors (Lipinski definition) is 2. The summed E-state index contributed by atoms with van der Waals surface area (Å²) in [6, 6.07) is 9.31. The predicted molar refractivity (Wildman–Crippen MR) is 92.9 cm³/mol. The SMILES string of the molecule is CC[C@H](C)NC(=O)CSc1nnc(C(=O)Nc2ccccc2)s1. The van der Waals surface area contributed by atoms with Crippen LogP contribution in [0.1, 0.15) is 30.1 Å². The molecule has 0 fully saturated rings. The van der Waals surface area contributed by atoms with Crippen LogP contribution in [-0.2, 0) is 4.79 Å². The van der Waals surface area contributed by atoms with E-state index in [0.29, 0.717) is 10.0 Å². The molecule has 1 heterocycles. The van der Waals surface area contributed by atoms with E-state index in [1.807, 2.05) is 32.0 Å². The summed E-state index contributed by atoms with van der Waals surface area (Å²) < 4.78 is 0.600. The first kappa shape index (κ1) is 17.4. The van der Waals surface area contributed by atoms with Gasteiger partial charge in [0, 0.05) is 11.7 Å². The summed E-state index contributed by atoms with van der Waals surface area (Å²) in [5.41, 5.74) is 0.704. The zero-order valence-corrected chi connectivity index (χ0v) is 14.5. The molecule has 0 aliphatic heterocycles. The number of hydrogen-bond acceptors (Lipinski definition) is 6. The molecule has 8 heteroatoms. The second kappa shape index (κ2) is 8.64. The molecule has 0 spiro atoms. The molecule has 0 unspecified atom stereocenters. The molecule has 2 amide bonds. The van der Waals surface area contributed by atoms with Crippen LogP contribution in [-0.4, -0.2) is 33.8 Å². The van der Waals surface area contributed by atoms with Crippen molar-refractivity contribution in [2.75, 3.05) is 11.1 Å². The van der Waals surface area contributed by atoms with Crippen LogP contribution in [0.3, 0.4) is 0 Å². The molecular formula is C15H18N4O2S2. The Morgan fingerprint density at radius 1 is 1.26 bits per heavy atom. The van der Waals surface area contributed by atoms with Gasteiger partial charge >= 0.3 is 0 Å². The predicted octanol–water partition coefficient (Wildman–Crippen LogP) is 2.80. The van der Waals surface area contributed by atoms with E-state index in [0.717, 1.165) is 6.42 Å². The molecule has 0 saturated carbocycles. The Morgan fingerprint density at radius 2 is 2.00 bits per heavy atom. The summed E-state index contributed by atoms with van der Waals surface area (Å²) in [7, 11) is 0. The number of rotatable bonds is 7. The Morgan fingerprint density at radius 3 is 2.70 bits per heavy atom. The summed E-state index contributed by atoms with van der Waals surface area (Å²) >= 11 is 2.45. The minimum absolute atomic E-state index is 0.0464. The number of amides is 2. The number of nitrogens with one attached hydrogen (secondary N) is 2. The van der Waals surface area contributed by atoms with Crippen molar-refractivity contribution in [3.05, 3.63) is 35.3 Å². The molecule has 6 nitrogen and oxygen atoms in total. The van der Waals surface area contributed by atoms with Crippen LogP contribution in [0.15, 0.2) is 34.7 Å². The molecule has 2 N–H and O–H groups in total. The van der Waals surface area contributed by atoms with Crippen LogP contribution in [0, 0.1) is 0 Å². The average Bonchev–Trinajstić information content (AvgIpc) is 3.03. The molecule has 1 atom stereocenters. The molecule has 1 aromatic heterocycles. The van der Waals surface area contributed by atoms with Crippen molar-refractivity contribution in [3.8, 4) is 0 Å². The van der Waals surface area contributed by atoms with Crippen molar-refractivity contribution in [3.63, 3.8) is 0 Å². The lowest BCUT2D eigenvalue weighted by molar-refractivity contribution is -0.119. The number of nitrogens with zero attached hydrogens (tertiary/aromatic N) is 2. The quantitative estimate of drug-likeness (QED) is 0.750. The van der Waals surface area contributed by atoms with Gasteiger partial charge in [0.25, 0.3) is 5.91 Å². The molecule has 0 aliphatic carbocycles. The number of para-hydroxylation sites is 1. The van der Waals surface area contributed by atoms with Crippen molar-refractivity contribution in [1.29, 1.82) is 0 Å². The first-order chi connectivity index (χ1) is 11.1. The fourth-order valence-corrected chi connectivity index (χ4v) is 3.17. The molecule has 23 heavy (non-hydrogen) atoms. The minimum Gasteiger partial charge on any atom is -0.353 e. The smallest absolute Gasteiger partial charge is 0.286 e. The summed E-state index contributed by atoms with van der Waals surface area (Å²) in [6.07, 6.45) is 0.888. The van der Waals surface area contributed by atoms with Gasteiger partial charge in [0.1, 0.15) is 0 Å². The lowest BCUT2D eigenvalue weighted by Crippen LogP contribution is -2.33.